The van der Waals surface area contributed by atoms with Crippen LogP contribution in [0, 0.1) is 10.8 Å². The van der Waals surface area contributed by atoms with E-state index in [1.54, 1.807) is 27.7 Å². The Balaban J connectivity index is 1.88. The van der Waals surface area contributed by atoms with Crippen LogP contribution >= 0.6 is 0 Å². The fraction of sp³-hybridized carbons (Fsp3) is 0.368. The lowest BCUT2D eigenvalue weighted by Gasteiger charge is -2.33. The van der Waals surface area contributed by atoms with Crippen molar-refractivity contribution < 1.29 is 38.1 Å². The smallest absolute Gasteiger partial charge is 0.324 e. The fourth-order valence-electron chi connectivity index (χ4n) is 6.71. The van der Waals surface area contributed by atoms with Crippen molar-refractivity contribution in [3.63, 3.8) is 0 Å². The standard InChI is InChI=1S/C38H40O8/c1-5-43-33(39)37(34(40)44-6-2)21-25-17-19-27(31-15-11-9-13-29(25)31)23-38(35(41)45-7-3,36(42)46-8-4)24-28-20-18-26(22-37)30-14-10-12-16-32(28)30/h9-20H,5-8,21-24H2,1-4H3. The maximum Gasteiger partial charge on any atom is 0.324 e. The summed E-state index contributed by atoms with van der Waals surface area (Å²) in [4.78, 5) is 56.0. The molecule has 0 radical (unpaired) electrons. The highest BCUT2D eigenvalue weighted by atomic mass is 16.6. The molecule has 4 aromatic carbocycles. The van der Waals surface area contributed by atoms with Gasteiger partial charge in [-0.2, -0.15) is 0 Å². The second-order valence-corrected chi connectivity index (χ2v) is 11.6. The molecule has 4 bridgehead atoms. The summed E-state index contributed by atoms with van der Waals surface area (Å²) in [5.41, 5.74) is -0.422. The van der Waals surface area contributed by atoms with Crippen molar-refractivity contribution in [2.24, 2.45) is 10.8 Å². The molecule has 0 spiro atoms. The Morgan fingerprint density at radius 1 is 0.435 bits per heavy atom. The quantitative estimate of drug-likeness (QED) is 0.132. The SMILES string of the molecule is CCOC(=O)C1(C(=O)OCC)Cc2ccc(c3ccccc23)CC(C(=O)OCC)(C(=O)OCC)Cc2ccc(c3ccccc23)C1. The van der Waals surface area contributed by atoms with Gasteiger partial charge in [0, 0.05) is 25.7 Å². The van der Waals surface area contributed by atoms with Gasteiger partial charge in [-0.05, 0) is 71.5 Å². The van der Waals surface area contributed by atoms with Crippen molar-refractivity contribution in [1.82, 2.24) is 0 Å². The van der Waals surface area contributed by atoms with Gasteiger partial charge in [0.1, 0.15) is 0 Å². The average molecular weight is 625 g/mol. The minimum Gasteiger partial charge on any atom is -0.465 e. The summed E-state index contributed by atoms with van der Waals surface area (Å²) in [7, 11) is 0. The number of fused-ring (bicyclic) bond motifs is 12. The van der Waals surface area contributed by atoms with Crippen LogP contribution in [0.5, 0.6) is 0 Å². The first-order valence-electron chi connectivity index (χ1n) is 15.9. The van der Waals surface area contributed by atoms with Crippen LogP contribution in [0.4, 0.5) is 0 Å². The molecule has 46 heavy (non-hydrogen) atoms. The minimum absolute atomic E-state index is 0.0163. The monoisotopic (exact) mass is 624 g/mol. The van der Waals surface area contributed by atoms with E-state index < -0.39 is 34.7 Å². The highest BCUT2D eigenvalue weighted by Gasteiger charge is 2.52. The molecule has 0 saturated carbocycles. The van der Waals surface area contributed by atoms with Gasteiger partial charge in [-0.15, -0.1) is 0 Å². The third-order valence-electron chi connectivity index (χ3n) is 8.84. The molecule has 0 unspecified atom stereocenters. The van der Waals surface area contributed by atoms with Crippen LogP contribution in [0.3, 0.4) is 0 Å². The molecule has 8 nitrogen and oxygen atoms in total. The first kappa shape index (κ1) is 32.7. The van der Waals surface area contributed by atoms with Crippen molar-refractivity contribution in [1.29, 1.82) is 0 Å². The van der Waals surface area contributed by atoms with Crippen molar-refractivity contribution in [2.75, 3.05) is 26.4 Å². The molecule has 1 aliphatic rings. The third kappa shape index (κ3) is 5.84. The summed E-state index contributed by atoms with van der Waals surface area (Å²) in [6, 6.07) is 22.6. The Morgan fingerprint density at radius 3 is 0.848 bits per heavy atom. The second kappa shape index (κ2) is 13.7. The Kier molecular flexibility index (Phi) is 9.75. The van der Waals surface area contributed by atoms with Gasteiger partial charge >= 0.3 is 23.9 Å². The van der Waals surface area contributed by atoms with E-state index in [9.17, 15) is 19.2 Å². The molecular weight excluding hydrogens is 584 g/mol. The van der Waals surface area contributed by atoms with E-state index >= 15 is 0 Å². The number of carbonyl (C=O) groups excluding carboxylic acids is 4. The van der Waals surface area contributed by atoms with Gasteiger partial charge in [0.2, 0.25) is 0 Å². The van der Waals surface area contributed by atoms with E-state index in [0.717, 1.165) is 43.8 Å². The summed E-state index contributed by atoms with van der Waals surface area (Å²) in [5, 5.41) is 3.15. The van der Waals surface area contributed by atoms with Crippen molar-refractivity contribution in [2.45, 2.75) is 53.4 Å². The van der Waals surface area contributed by atoms with E-state index in [-0.39, 0.29) is 52.1 Å². The molecule has 240 valence electrons. The molecule has 4 aromatic rings. The molecule has 0 heterocycles. The first-order chi connectivity index (χ1) is 22.2. The van der Waals surface area contributed by atoms with Gasteiger partial charge in [-0.1, -0.05) is 72.8 Å². The number of hydrogen-bond donors (Lipinski definition) is 0. The highest BCUT2D eigenvalue weighted by molar-refractivity contribution is 6.04. The van der Waals surface area contributed by atoms with Gasteiger partial charge in [0.15, 0.2) is 10.8 Å². The zero-order valence-corrected chi connectivity index (χ0v) is 26.9. The summed E-state index contributed by atoms with van der Waals surface area (Å²) in [6.45, 7) is 7.26. The number of ether oxygens (including phenoxy) is 4. The predicted octanol–water partition coefficient (Wildman–Crippen LogP) is 6.10. The molecule has 5 rings (SSSR count). The molecule has 0 fully saturated rings. The molecule has 0 aromatic heterocycles. The Labute approximate surface area is 269 Å². The molecule has 8 heteroatoms. The first-order valence-corrected chi connectivity index (χ1v) is 15.9. The van der Waals surface area contributed by atoms with Gasteiger partial charge in [-0.3, -0.25) is 19.2 Å². The maximum atomic E-state index is 14.0. The van der Waals surface area contributed by atoms with Crippen LogP contribution < -0.4 is 0 Å². The van der Waals surface area contributed by atoms with E-state index in [1.165, 1.54) is 0 Å². The van der Waals surface area contributed by atoms with E-state index in [2.05, 4.69) is 0 Å². The lowest BCUT2D eigenvalue weighted by Crippen LogP contribution is -2.46. The highest BCUT2D eigenvalue weighted by Crippen LogP contribution is 2.41. The number of esters is 4. The predicted molar refractivity (Wildman–Crippen MR) is 174 cm³/mol. The van der Waals surface area contributed by atoms with E-state index in [1.807, 2.05) is 72.8 Å². The average Bonchev–Trinajstić information content (AvgIpc) is 3.06. The van der Waals surface area contributed by atoms with Gasteiger partial charge in [0.25, 0.3) is 0 Å². The molecule has 0 N–H and O–H groups in total. The Bertz CT molecular complexity index is 1530. The van der Waals surface area contributed by atoms with Crippen molar-refractivity contribution in [3.05, 3.63) is 95.1 Å². The molecule has 0 aliphatic heterocycles. The molecular formula is C38H40O8. The maximum absolute atomic E-state index is 14.0. The topological polar surface area (TPSA) is 105 Å². The Hall–Kier alpha value is -4.72. The lowest BCUT2D eigenvalue weighted by molar-refractivity contribution is -0.173. The minimum atomic E-state index is -1.68. The second-order valence-electron chi connectivity index (χ2n) is 11.6. The van der Waals surface area contributed by atoms with Gasteiger partial charge < -0.3 is 18.9 Å². The Morgan fingerprint density at radius 2 is 0.652 bits per heavy atom. The fourth-order valence-corrected chi connectivity index (χ4v) is 6.71. The lowest BCUT2D eigenvalue weighted by atomic mass is 9.71. The van der Waals surface area contributed by atoms with Crippen LogP contribution in [-0.2, 0) is 63.8 Å². The van der Waals surface area contributed by atoms with Gasteiger partial charge in [-0.25, -0.2) is 0 Å². The number of rotatable bonds is 8. The van der Waals surface area contributed by atoms with Crippen LogP contribution in [-0.4, -0.2) is 50.3 Å². The summed E-state index contributed by atoms with van der Waals surface area (Å²) >= 11 is 0. The summed E-state index contributed by atoms with van der Waals surface area (Å²) in [6.07, 6.45) is 0.0652. The molecule has 0 atom stereocenters. The number of hydrogen-bond acceptors (Lipinski definition) is 8. The number of benzene rings is 4. The summed E-state index contributed by atoms with van der Waals surface area (Å²) in [5.74, 6) is -2.59. The largest absolute Gasteiger partial charge is 0.465 e. The van der Waals surface area contributed by atoms with Crippen LogP contribution in [0.25, 0.3) is 21.5 Å². The molecule has 0 amide bonds. The van der Waals surface area contributed by atoms with Crippen LogP contribution in [0.2, 0.25) is 0 Å². The van der Waals surface area contributed by atoms with E-state index in [0.29, 0.717) is 0 Å². The van der Waals surface area contributed by atoms with Crippen LogP contribution in [0.15, 0.2) is 72.8 Å². The van der Waals surface area contributed by atoms with Crippen molar-refractivity contribution >= 4 is 45.4 Å². The number of carbonyl (C=O) groups is 4. The van der Waals surface area contributed by atoms with E-state index in [4.69, 9.17) is 18.9 Å². The zero-order chi connectivity index (χ0) is 32.9. The summed E-state index contributed by atoms with van der Waals surface area (Å²) < 4.78 is 22.4. The molecule has 0 saturated heterocycles. The van der Waals surface area contributed by atoms with Crippen molar-refractivity contribution in [3.8, 4) is 0 Å². The van der Waals surface area contributed by atoms with Crippen LogP contribution in [0.1, 0.15) is 49.9 Å². The normalized spacial score (nSPS) is 15.2. The zero-order valence-electron chi connectivity index (χ0n) is 26.9. The third-order valence-corrected chi connectivity index (χ3v) is 8.84. The van der Waals surface area contributed by atoms with Gasteiger partial charge in [0.05, 0.1) is 26.4 Å². The molecule has 1 aliphatic carbocycles.